The quantitative estimate of drug-likeness (QED) is 0.497. The van der Waals surface area contributed by atoms with Crippen LogP contribution in [0.5, 0.6) is 11.5 Å². The third-order valence-corrected chi connectivity index (χ3v) is 7.74. The van der Waals surface area contributed by atoms with Crippen LogP contribution in [-0.2, 0) is 16.6 Å². The molecule has 1 N–H and O–H groups in total. The SMILES string of the molecule is COc1ccccc1OCc1ccc(C(=O)NCC2CCN(S(=O)(=O)c3ccccc3)CC2)o1. The van der Waals surface area contributed by atoms with E-state index in [1.54, 1.807) is 61.7 Å². The third-order valence-electron chi connectivity index (χ3n) is 5.83. The Morgan fingerprint density at radius 2 is 1.68 bits per heavy atom. The number of methoxy groups -OCH3 is 1. The summed E-state index contributed by atoms with van der Waals surface area (Å²) < 4.78 is 43.6. The van der Waals surface area contributed by atoms with Gasteiger partial charge in [0.25, 0.3) is 5.91 Å². The van der Waals surface area contributed by atoms with Crippen LogP contribution in [0.1, 0.15) is 29.2 Å². The summed E-state index contributed by atoms with van der Waals surface area (Å²) in [5.74, 6) is 1.85. The summed E-state index contributed by atoms with van der Waals surface area (Å²) in [7, 11) is -1.90. The molecule has 1 aliphatic rings. The van der Waals surface area contributed by atoms with Gasteiger partial charge in [-0.2, -0.15) is 4.31 Å². The van der Waals surface area contributed by atoms with Crippen molar-refractivity contribution >= 4 is 15.9 Å². The van der Waals surface area contributed by atoms with E-state index in [9.17, 15) is 13.2 Å². The molecule has 1 fully saturated rings. The number of amides is 1. The van der Waals surface area contributed by atoms with Crippen LogP contribution in [0.3, 0.4) is 0 Å². The number of carbonyl (C=O) groups is 1. The molecule has 1 amide bonds. The maximum Gasteiger partial charge on any atom is 0.287 e. The first-order chi connectivity index (χ1) is 16.5. The Morgan fingerprint density at radius 1 is 1.00 bits per heavy atom. The lowest BCUT2D eigenvalue weighted by Crippen LogP contribution is -2.41. The molecule has 0 atom stereocenters. The molecule has 3 aromatic rings. The highest BCUT2D eigenvalue weighted by Crippen LogP contribution is 2.27. The van der Waals surface area contributed by atoms with E-state index in [1.807, 2.05) is 12.1 Å². The van der Waals surface area contributed by atoms with Gasteiger partial charge in [-0.1, -0.05) is 30.3 Å². The van der Waals surface area contributed by atoms with E-state index in [4.69, 9.17) is 13.9 Å². The second-order valence-electron chi connectivity index (χ2n) is 8.08. The topological polar surface area (TPSA) is 98.1 Å². The Balaban J connectivity index is 1.24. The lowest BCUT2D eigenvalue weighted by molar-refractivity contribution is 0.0909. The van der Waals surface area contributed by atoms with Crippen LogP contribution in [-0.4, -0.2) is 45.4 Å². The minimum atomic E-state index is -3.48. The number of piperidine rings is 1. The minimum absolute atomic E-state index is 0.169. The molecule has 2 aromatic carbocycles. The molecule has 0 aliphatic carbocycles. The number of carbonyl (C=O) groups excluding carboxylic acids is 1. The molecule has 1 saturated heterocycles. The van der Waals surface area contributed by atoms with Crippen LogP contribution in [0.15, 0.2) is 76.0 Å². The number of rotatable bonds is 9. The van der Waals surface area contributed by atoms with Gasteiger partial charge in [0.2, 0.25) is 10.0 Å². The molecule has 0 unspecified atom stereocenters. The van der Waals surface area contributed by atoms with Crippen molar-refractivity contribution in [2.24, 2.45) is 5.92 Å². The van der Waals surface area contributed by atoms with Gasteiger partial charge in [0.05, 0.1) is 12.0 Å². The molecule has 180 valence electrons. The highest BCUT2D eigenvalue weighted by Gasteiger charge is 2.29. The number of sulfonamides is 1. The highest BCUT2D eigenvalue weighted by molar-refractivity contribution is 7.89. The van der Waals surface area contributed by atoms with Crippen LogP contribution in [0, 0.1) is 5.92 Å². The average Bonchev–Trinajstić information content (AvgIpc) is 3.36. The van der Waals surface area contributed by atoms with Crippen LogP contribution in [0.25, 0.3) is 0 Å². The molecule has 8 nitrogen and oxygen atoms in total. The lowest BCUT2D eigenvalue weighted by Gasteiger charge is -2.31. The molecule has 1 aliphatic heterocycles. The number of ether oxygens (including phenoxy) is 2. The lowest BCUT2D eigenvalue weighted by atomic mass is 9.98. The largest absolute Gasteiger partial charge is 0.493 e. The number of benzene rings is 2. The van der Waals surface area contributed by atoms with Gasteiger partial charge in [-0.3, -0.25) is 4.79 Å². The zero-order valence-corrected chi connectivity index (χ0v) is 19.8. The van der Waals surface area contributed by atoms with E-state index in [2.05, 4.69) is 5.32 Å². The van der Waals surface area contributed by atoms with Gasteiger partial charge in [0, 0.05) is 19.6 Å². The standard InChI is InChI=1S/C25H28N2O6S/c1-31-22-9-5-6-10-23(22)32-18-20-11-12-24(33-20)25(28)26-17-19-13-15-27(16-14-19)34(29,30)21-7-3-2-4-8-21/h2-12,19H,13-18H2,1H3,(H,26,28). The summed E-state index contributed by atoms with van der Waals surface area (Å²) in [6.45, 7) is 1.50. The van der Waals surface area contributed by atoms with E-state index in [0.29, 0.717) is 54.6 Å². The predicted molar refractivity (Wildman–Crippen MR) is 126 cm³/mol. The smallest absolute Gasteiger partial charge is 0.287 e. The molecular formula is C25H28N2O6S. The van der Waals surface area contributed by atoms with Gasteiger partial charge in [-0.15, -0.1) is 0 Å². The fourth-order valence-electron chi connectivity index (χ4n) is 3.88. The number of hydrogen-bond donors (Lipinski definition) is 1. The normalized spacial score (nSPS) is 15.1. The first kappa shape index (κ1) is 23.8. The van der Waals surface area contributed by atoms with Crippen LogP contribution >= 0.6 is 0 Å². The summed E-state index contributed by atoms with van der Waals surface area (Å²) in [4.78, 5) is 12.8. The number of hydrogen-bond acceptors (Lipinski definition) is 6. The van der Waals surface area contributed by atoms with Gasteiger partial charge < -0.3 is 19.2 Å². The monoisotopic (exact) mass is 484 g/mol. The molecule has 1 aromatic heterocycles. The van der Waals surface area contributed by atoms with Crippen LogP contribution in [0.2, 0.25) is 0 Å². The summed E-state index contributed by atoms with van der Waals surface area (Å²) in [5.41, 5.74) is 0. The molecule has 0 spiro atoms. The van der Waals surface area contributed by atoms with Crippen molar-refractivity contribution < 1.29 is 27.1 Å². The molecule has 2 heterocycles. The Morgan fingerprint density at radius 3 is 2.38 bits per heavy atom. The van der Waals surface area contributed by atoms with Crippen LogP contribution in [0.4, 0.5) is 0 Å². The Kier molecular flexibility index (Phi) is 7.54. The minimum Gasteiger partial charge on any atom is -0.493 e. The second kappa shape index (κ2) is 10.8. The van der Waals surface area contributed by atoms with Crippen LogP contribution < -0.4 is 14.8 Å². The van der Waals surface area contributed by atoms with E-state index in [1.165, 1.54) is 4.31 Å². The first-order valence-corrected chi connectivity index (χ1v) is 12.6. The van der Waals surface area contributed by atoms with E-state index in [0.717, 1.165) is 0 Å². The number of para-hydroxylation sites is 2. The van der Waals surface area contributed by atoms with Gasteiger partial charge in [-0.25, -0.2) is 8.42 Å². The molecule has 0 saturated carbocycles. The summed E-state index contributed by atoms with van der Waals surface area (Å²) >= 11 is 0. The van der Waals surface area contributed by atoms with E-state index < -0.39 is 10.0 Å². The maximum absolute atomic E-state index is 12.8. The van der Waals surface area contributed by atoms with Crippen molar-refractivity contribution in [1.82, 2.24) is 9.62 Å². The number of furan rings is 1. The molecule has 4 rings (SSSR count). The van der Waals surface area contributed by atoms with E-state index in [-0.39, 0.29) is 24.2 Å². The predicted octanol–water partition coefficient (Wildman–Crippen LogP) is 3.70. The summed E-state index contributed by atoms with van der Waals surface area (Å²) in [6.07, 6.45) is 1.37. The van der Waals surface area contributed by atoms with Gasteiger partial charge in [-0.05, 0) is 55.2 Å². The number of nitrogens with one attached hydrogen (secondary N) is 1. The van der Waals surface area contributed by atoms with Crippen molar-refractivity contribution in [3.63, 3.8) is 0 Å². The second-order valence-corrected chi connectivity index (χ2v) is 10.0. The zero-order chi connectivity index (χ0) is 24.0. The Bertz CT molecular complexity index is 1200. The molecule has 0 radical (unpaired) electrons. The average molecular weight is 485 g/mol. The highest BCUT2D eigenvalue weighted by atomic mass is 32.2. The molecule has 34 heavy (non-hydrogen) atoms. The van der Waals surface area contributed by atoms with Crippen molar-refractivity contribution in [2.75, 3.05) is 26.7 Å². The van der Waals surface area contributed by atoms with E-state index >= 15 is 0 Å². The fourth-order valence-corrected chi connectivity index (χ4v) is 5.37. The Labute approximate surface area is 199 Å². The van der Waals surface area contributed by atoms with Crippen molar-refractivity contribution in [3.8, 4) is 11.5 Å². The van der Waals surface area contributed by atoms with Crippen molar-refractivity contribution in [2.45, 2.75) is 24.3 Å². The summed E-state index contributed by atoms with van der Waals surface area (Å²) in [5, 5.41) is 2.90. The van der Waals surface area contributed by atoms with Crippen molar-refractivity contribution in [3.05, 3.63) is 78.3 Å². The number of nitrogens with zero attached hydrogens (tertiary/aromatic N) is 1. The Hall–Kier alpha value is -3.30. The molecule has 9 heteroatoms. The van der Waals surface area contributed by atoms with Crippen molar-refractivity contribution in [1.29, 1.82) is 0 Å². The third kappa shape index (κ3) is 5.60. The fraction of sp³-hybridized carbons (Fsp3) is 0.320. The maximum atomic E-state index is 12.8. The van der Waals surface area contributed by atoms with Gasteiger partial charge in [0.1, 0.15) is 12.4 Å². The molecule has 0 bridgehead atoms. The summed E-state index contributed by atoms with van der Waals surface area (Å²) in [6, 6.07) is 19.1. The van der Waals surface area contributed by atoms with Gasteiger partial charge >= 0.3 is 0 Å². The first-order valence-electron chi connectivity index (χ1n) is 11.2. The molecular weight excluding hydrogens is 456 g/mol. The van der Waals surface area contributed by atoms with Gasteiger partial charge in [0.15, 0.2) is 17.3 Å². The zero-order valence-electron chi connectivity index (χ0n) is 19.0.